The van der Waals surface area contributed by atoms with Crippen molar-refractivity contribution >= 4 is 11.8 Å². The van der Waals surface area contributed by atoms with Crippen molar-refractivity contribution in [1.29, 1.82) is 0 Å². The van der Waals surface area contributed by atoms with E-state index in [0.29, 0.717) is 5.41 Å². The standard InChI is InChI=1S/C12H22S/c1-10(2)11(3)8-12(9-11)6-4-5-7-13-12/h10H,4-9H2,1-3H3. The fourth-order valence-corrected chi connectivity index (χ4v) is 4.95. The molecule has 2 rings (SSSR count). The summed E-state index contributed by atoms with van der Waals surface area (Å²) in [5, 5.41) is 0. The van der Waals surface area contributed by atoms with Crippen LogP contribution in [0.4, 0.5) is 0 Å². The van der Waals surface area contributed by atoms with Gasteiger partial charge in [0.2, 0.25) is 0 Å². The van der Waals surface area contributed by atoms with Gasteiger partial charge in [-0.2, -0.15) is 11.8 Å². The number of thioether (sulfide) groups is 1. The van der Waals surface area contributed by atoms with Gasteiger partial charge in [0.15, 0.2) is 0 Å². The van der Waals surface area contributed by atoms with Gasteiger partial charge in [0.1, 0.15) is 0 Å². The molecule has 2 fully saturated rings. The molecule has 2 aliphatic rings. The number of rotatable bonds is 1. The summed E-state index contributed by atoms with van der Waals surface area (Å²) in [5.74, 6) is 2.30. The highest BCUT2D eigenvalue weighted by atomic mass is 32.2. The van der Waals surface area contributed by atoms with Crippen molar-refractivity contribution in [2.24, 2.45) is 11.3 Å². The molecule has 0 radical (unpaired) electrons. The molecule has 13 heavy (non-hydrogen) atoms. The molecule has 1 heterocycles. The van der Waals surface area contributed by atoms with Crippen LogP contribution in [0.25, 0.3) is 0 Å². The van der Waals surface area contributed by atoms with Gasteiger partial charge in [-0.1, -0.05) is 27.2 Å². The molecular formula is C12H22S. The van der Waals surface area contributed by atoms with Crippen molar-refractivity contribution in [3.63, 3.8) is 0 Å². The summed E-state index contributed by atoms with van der Waals surface area (Å²) in [5.41, 5.74) is 0.671. The van der Waals surface area contributed by atoms with Crippen LogP contribution >= 0.6 is 11.8 Å². The Morgan fingerprint density at radius 1 is 1.15 bits per heavy atom. The van der Waals surface area contributed by atoms with Crippen molar-refractivity contribution in [2.75, 3.05) is 5.75 Å². The predicted molar refractivity (Wildman–Crippen MR) is 61.2 cm³/mol. The molecule has 0 amide bonds. The first-order chi connectivity index (χ1) is 6.06. The quantitative estimate of drug-likeness (QED) is 0.611. The average Bonchev–Trinajstić information content (AvgIpc) is 2.03. The second-order valence-electron chi connectivity index (χ2n) is 5.65. The minimum Gasteiger partial charge on any atom is -0.155 e. The summed E-state index contributed by atoms with van der Waals surface area (Å²) < 4.78 is 0.733. The Bertz CT molecular complexity index is 181. The van der Waals surface area contributed by atoms with Crippen molar-refractivity contribution in [2.45, 2.75) is 57.6 Å². The zero-order valence-electron chi connectivity index (χ0n) is 9.23. The van der Waals surface area contributed by atoms with Crippen molar-refractivity contribution in [3.05, 3.63) is 0 Å². The largest absolute Gasteiger partial charge is 0.155 e. The summed E-state index contributed by atoms with van der Waals surface area (Å²) in [6, 6.07) is 0. The van der Waals surface area contributed by atoms with Crippen molar-refractivity contribution in [1.82, 2.24) is 0 Å². The molecule has 0 N–H and O–H groups in total. The van der Waals surface area contributed by atoms with Gasteiger partial charge >= 0.3 is 0 Å². The van der Waals surface area contributed by atoms with Crippen LogP contribution < -0.4 is 0 Å². The minimum absolute atomic E-state index is 0.671. The third-order valence-electron chi connectivity index (χ3n) is 4.28. The molecule has 76 valence electrons. The van der Waals surface area contributed by atoms with E-state index in [1.54, 1.807) is 0 Å². The lowest BCUT2D eigenvalue weighted by molar-refractivity contribution is 0.0414. The molecule has 1 aliphatic heterocycles. The van der Waals surface area contributed by atoms with Crippen LogP contribution in [0.2, 0.25) is 0 Å². The molecular weight excluding hydrogens is 176 g/mol. The van der Waals surface area contributed by atoms with E-state index in [2.05, 4.69) is 32.5 Å². The fraction of sp³-hybridized carbons (Fsp3) is 1.00. The van der Waals surface area contributed by atoms with Crippen LogP contribution in [0.3, 0.4) is 0 Å². The summed E-state index contributed by atoms with van der Waals surface area (Å²) in [7, 11) is 0. The first-order valence-corrected chi connectivity index (χ1v) is 6.69. The first-order valence-electron chi connectivity index (χ1n) is 5.70. The van der Waals surface area contributed by atoms with E-state index in [-0.39, 0.29) is 0 Å². The molecule has 0 nitrogen and oxygen atoms in total. The Labute approximate surface area is 86.9 Å². The first kappa shape index (κ1) is 9.89. The van der Waals surface area contributed by atoms with Gasteiger partial charge in [0.05, 0.1) is 0 Å². The van der Waals surface area contributed by atoms with Gasteiger partial charge in [-0.25, -0.2) is 0 Å². The molecule has 0 aromatic carbocycles. The maximum Gasteiger partial charge on any atom is 0.0170 e. The topological polar surface area (TPSA) is 0 Å². The lowest BCUT2D eigenvalue weighted by Gasteiger charge is -2.58. The summed E-state index contributed by atoms with van der Waals surface area (Å²) in [6.07, 6.45) is 7.43. The van der Waals surface area contributed by atoms with Crippen LogP contribution in [0, 0.1) is 11.3 Å². The van der Waals surface area contributed by atoms with Gasteiger partial charge < -0.3 is 0 Å². The van der Waals surface area contributed by atoms with Gasteiger partial charge in [0.25, 0.3) is 0 Å². The van der Waals surface area contributed by atoms with Crippen LogP contribution in [0.5, 0.6) is 0 Å². The van der Waals surface area contributed by atoms with E-state index in [9.17, 15) is 0 Å². The van der Waals surface area contributed by atoms with Crippen LogP contribution in [-0.2, 0) is 0 Å². The van der Waals surface area contributed by atoms with Crippen LogP contribution in [0.15, 0.2) is 0 Å². The Morgan fingerprint density at radius 3 is 2.31 bits per heavy atom. The maximum atomic E-state index is 2.48. The van der Waals surface area contributed by atoms with E-state index in [0.717, 1.165) is 10.7 Å². The van der Waals surface area contributed by atoms with E-state index in [4.69, 9.17) is 0 Å². The van der Waals surface area contributed by atoms with Gasteiger partial charge in [-0.15, -0.1) is 0 Å². The molecule has 0 aromatic rings. The monoisotopic (exact) mass is 198 g/mol. The fourth-order valence-electron chi connectivity index (χ4n) is 3.02. The summed E-state index contributed by atoms with van der Waals surface area (Å²) >= 11 is 2.27. The summed E-state index contributed by atoms with van der Waals surface area (Å²) in [6.45, 7) is 7.26. The van der Waals surface area contributed by atoms with Gasteiger partial charge in [0, 0.05) is 4.75 Å². The molecule has 0 aromatic heterocycles. The van der Waals surface area contributed by atoms with Crippen LogP contribution in [-0.4, -0.2) is 10.5 Å². The molecule has 1 saturated carbocycles. The number of hydrogen-bond acceptors (Lipinski definition) is 1. The molecule has 1 aliphatic carbocycles. The third kappa shape index (κ3) is 1.65. The molecule has 1 saturated heterocycles. The molecule has 0 unspecified atom stereocenters. The zero-order valence-corrected chi connectivity index (χ0v) is 10.0. The molecule has 0 atom stereocenters. The highest BCUT2D eigenvalue weighted by Crippen LogP contribution is 2.62. The van der Waals surface area contributed by atoms with Gasteiger partial charge in [-0.05, 0) is 42.8 Å². The minimum atomic E-state index is 0.671. The smallest absolute Gasteiger partial charge is 0.0170 e. The molecule has 1 spiro atoms. The Kier molecular flexibility index (Phi) is 2.42. The highest BCUT2D eigenvalue weighted by molar-refractivity contribution is 8.00. The average molecular weight is 198 g/mol. The van der Waals surface area contributed by atoms with E-state index in [1.165, 1.54) is 37.9 Å². The molecule has 0 bridgehead atoms. The maximum absolute atomic E-state index is 2.48. The van der Waals surface area contributed by atoms with Gasteiger partial charge in [-0.3, -0.25) is 0 Å². The normalized spacial score (nSPS) is 45.2. The molecule has 1 heteroatoms. The van der Waals surface area contributed by atoms with Crippen LogP contribution in [0.1, 0.15) is 52.9 Å². The highest BCUT2D eigenvalue weighted by Gasteiger charge is 2.53. The summed E-state index contributed by atoms with van der Waals surface area (Å²) in [4.78, 5) is 0. The van der Waals surface area contributed by atoms with Crippen molar-refractivity contribution < 1.29 is 0 Å². The Balaban J connectivity index is 1.94. The van der Waals surface area contributed by atoms with E-state index >= 15 is 0 Å². The van der Waals surface area contributed by atoms with E-state index < -0.39 is 0 Å². The second kappa shape index (κ2) is 3.18. The predicted octanol–water partition coefficient (Wildman–Crippen LogP) is 4.10. The third-order valence-corrected chi connectivity index (χ3v) is 5.88. The lowest BCUT2D eigenvalue weighted by atomic mass is 9.56. The van der Waals surface area contributed by atoms with E-state index in [1.807, 2.05) is 0 Å². The number of hydrogen-bond donors (Lipinski definition) is 0. The SMILES string of the molecule is CC(C)C1(C)CC2(CCCCS2)C1. The Hall–Kier alpha value is 0.350. The van der Waals surface area contributed by atoms with Crippen molar-refractivity contribution in [3.8, 4) is 0 Å². The zero-order chi connectivity index (χ0) is 9.53. The Morgan fingerprint density at radius 2 is 1.85 bits per heavy atom. The lowest BCUT2D eigenvalue weighted by Crippen LogP contribution is -2.51. The second-order valence-corrected chi connectivity index (χ2v) is 7.21.